The molecule has 4 rings (SSSR count). The van der Waals surface area contributed by atoms with Crippen LogP contribution < -0.4 is 15.2 Å². The largest absolute Gasteiger partial charge is 0.497 e. The zero-order valence-electron chi connectivity index (χ0n) is 16.5. The lowest BCUT2D eigenvalue weighted by Crippen LogP contribution is -2.20. The molecule has 2 N–H and O–H groups in total. The highest BCUT2D eigenvalue weighted by Gasteiger charge is 2.28. The molecular formula is C21H27N5O2. The highest BCUT2D eigenvalue weighted by atomic mass is 16.5. The normalized spacial score (nSPS) is 17.3. The topological polar surface area (TPSA) is 78.4 Å². The number of rotatable bonds is 7. The maximum absolute atomic E-state index is 5.75. The van der Waals surface area contributed by atoms with E-state index < -0.39 is 0 Å². The lowest BCUT2D eigenvalue weighted by atomic mass is 10.0. The molecule has 148 valence electrons. The molecule has 1 fully saturated rings. The Bertz CT molecular complexity index is 933. The van der Waals surface area contributed by atoms with Crippen LogP contribution in [0.25, 0.3) is 11.0 Å². The zero-order valence-corrected chi connectivity index (χ0v) is 16.5. The molecule has 1 aromatic carbocycles. The maximum Gasteiger partial charge on any atom is 0.158 e. The molecule has 7 nitrogen and oxygen atoms in total. The van der Waals surface area contributed by atoms with Crippen LogP contribution in [-0.2, 0) is 13.1 Å². The molecule has 1 atom stereocenters. The van der Waals surface area contributed by atoms with Crippen molar-refractivity contribution < 1.29 is 9.47 Å². The molecule has 1 unspecified atom stereocenters. The van der Waals surface area contributed by atoms with Gasteiger partial charge in [0, 0.05) is 43.2 Å². The molecule has 3 heterocycles. The Balaban J connectivity index is 1.53. The van der Waals surface area contributed by atoms with Crippen LogP contribution in [0.2, 0.25) is 0 Å². The summed E-state index contributed by atoms with van der Waals surface area (Å²) in [6.07, 6.45) is 2.91. The highest BCUT2D eigenvalue weighted by Crippen LogP contribution is 2.32. The second-order valence-corrected chi connectivity index (χ2v) is 7.21. The molecule has 1 aliphatic rings. The summed E-state index contributed by atoms with van der Waals surface area (Å²) in [4.78, 5) is 6.98. The third-order valence-corrected chi connectivity index (χ3v) is 5.35. The van der Waals surface area contributed by atoms with Crippen molar-refractivity contribution in [1.29, 1.82) is 0 Å². The van der Waals surface area contributed by atoms with Gasteiger partial charge in [0.05, 0.1) is 26.5 Å². The van der Waals surface area contributed by atoms with Gasteiger partial charge in [0.15, 0.2) is 5.65 Å². The van der Waals surface area contributed by atoms with Crippen LogP contribution in [0, 0.1) is 0 Å². The minimum absolute atomic E-state index is 0.401. The lowest BCUT2D eigenvalue weighted by Gasteiger charge is -2.17. The average Bonchev–Trinajstić information content (AvgIpc) is 3.33. The highest BCUT2D eigenvalue weighted by molar-refractivity contribution is 5.78. The molecule has 28 heavy (non-hydrogen) atoms. The zero-order chi connectivity index (χ0) is 19.5. The Labute approximate surface area is 165 Å². The number of likely N-dealkylation sites (tertiary alicyclic amines) is 1. The van der Waals surface area contributed by atoms with Crippen LogP contribution in [0.3, 0.4) is 0 Å². The molecule has 0 aliphatic carbocycles. The van der Waals surface area contributed by atoms with Crippen LogP contribution >= 0.6 is 0 Å². The van der Waals surface area contributed by atoms with Crippen molar-refractivity contribution in [3.8, 4) is 11.5 Å². The fourth-order valence-electron chi connectivity index (χ4n) is 4.03. The number of hydrogen-bond acceptors (Lipinski definition) is 6. The summed E-state index contributed by atoms with van der Waals surface area (Å²) in [6, 6.07) is 10.2. The van der Waals surface area contributed by atoms with E-state index in [1.807, 2.05) is 23.0 Å². The maximum atomic E-state index is 5.75. The van der Waals surface area contributed by atoms with Gasteiger partial charge in [0.2, 0.25) is 0 Å². The summed E-state index contributed by atoms with van der Waals surface area (Å²) in [5.74, 6) is 2.05. The first-order valence-corrected chi connectivity index (χ1v) is 9.67. The smallest absolute Gasteiger partial charge is 0.158 e. The molecular weight excluding hydrogens is 354 g/mol. The fourth-order valence-corrected chi connectivity index (χ4v) is 4.03. The summed E-state index contributed by atoms with van der Waals surface area (Å²) in [5.41, 5.74) is 9.01. The van der Waals surface area contributed by atoms with E-state index in [1.165, 1.54) is 5.56 Å². The standard InChI is InChI=1S/C21H27N5O2/c1-27-17-10-15(11-18(12-17)28-2)13-25-8-5-16(14-25)20-19-4-3-7-23-21(19)26(24-20)9-6-22/h3-4,7,10-12,16H,5-6,8-9,13-14,22H2,1-2H3. The van der Waals surface area contributed by atoms with Crippen molar-refractivity contribution in [1.82, 2.24) is 19.7 Å². The van der Waals surface area contributed by atoms with Gasteiger partial charge in [-0.25, -0.2) is 9.67 Å². The van der Waals surface area contributed by atoms with Crippen LogP contribution in [0.5, 0.6) is 11.5 Å². The number of methoxy groups -OCH3 is 2. The van der Waals surface area contributed by atoms with Crippen LogP contribution in [-0.4, -0.2) is 53.5 Å². The number of nitrogens with zero attached hydrogens (tertiary/aromatic N) is 4. The number of pyridine rings is 1. The van der Waals surface area contributed by atoms with Crippen molar-refractivity contribution in [2.24, 2.45) is 5.73 Å². The molecule has 0 saturated carbocycles. The molecule has 1 saturated heterocycles. The predicted molar refractivity (Wildman–Crippen MR) is 109 cm³/mol. The van der Waals surface area contributed by atoms with Crippen LogP contribution in [0.1, 0.15) is 23.6 Å². The SMILES string of the molecule is COc1cc(CN2CCC(c3nn(CCN)c4ncccc34)C2)cc(OC)c1. The molecule has 3 aromatic rings. The van der Waals surface area contributed by atoms with E-state index in [2.05, 4.69) is 28.1 Å². The molecule has 7 heteroatoms. The number of nitrogens with two attached hydrogens (primary N) is 1. The Kier molecular flexibility index (Phi) is 5.45. The van der Waals surface area contributed by atoms with E-state index in [9.17, 15) is 0 Å². The van der Waals surface area contributed by atoms with Gasteiger partial charge in [-0.15, -0.1) is 0 Å². The van der Waals surface area contributed by atoms with E-state index in [0.29, 0.717) is 19.0 Å². The molecule has 2 aromatic heterocycles. The van der Waals surface area contributed by atoms with Crippen molar-refractivity contribution in [2.75, 3.05) is 33.9 Å². The third-order valence-electron chi connectivity index (χ3n) is 5.35. The van der Waals surface area contributed by atoms with Crippen LogP contribution in [0.15, 0.2) is 36.5 Å². The lowest BCUT2D eigenvalue weighted by molar-refractivity contribution is 0.323. The summed E-state index contributed by atoms with van der Waals surface area (Å²) in [5, 5.41) is 6.01. The second-order valence-electron chi connectivity index (χ2n) is 7.21. The number of hydrogen-bond donors (Lipinski definition) is 1. The van der Waals surface area contributed by atoms with Gasteiger partial charge in [-0.3, -0.25) is 4.90 Å². The Hall–Kier alpha value is -2.64. The molecule has 0 bridgehead atoms. The Morgan fingerprint density at radius 1 is 1.18 bits per heavy atom. The fraction of sp³-hybridized carbons (Fsp3) is 0.429. The first kappa shape index (κ1) is 18.7. The summed E-state index contributed by atoms with van der Waals surface area (Å²) in [6.45, 7) is 4.12. The average molecular weight is 381 g/mol. The summed E-state index contributed by atoms with van der Waals surface area (Å²) >= 11 is 0. The molecule has 0 amide bonds. The quantitative estimate of drug-likeness (QED) is 0.677. The number of benzene rings is 1. The monoisotopic (exact) mass is 381 g/mol. The van der Waals surface area contributed by atoms with E-state index >= 15 is 0 Å². The molecule has 1 aliphatic heterocycles. The van der Waals surface area contributed by atoms with Gasteiger partial charge in [0.25, 0.3) is 0 Å². The van der Waals surface area contributed by atoms with Gasteiger partial charge in [0.1, 0.15) is 11.5 Å². The van der Waals surface area contributed by atoms with Gasteiger partial charge in [-0.05, 0) is 42.8 Å². The van der Waals surface area contributed by atoms with E-state index in [-0.39, 0.29) is 0 Å². The molecule has 0 radical (unpaired) electrons. The van der Waals surface area contributed by atoms with Crippen molar-refractivity contribution in [2.45, 2.75) is 25.4 Å². The minimum atomic E-state index is 0.401. The Morgan fingerprint density at radius 2 is 1.96 bits per heavy atom. The van der Waals surface area contributed by atoms with Gasteiger partial charge >= 0.3 is 0 Å². The number of fused-ring (bicyclic) bond motifs is 1. The number of aromatic nitrogens is 3. The predicted octanol–water partition coefficient (Wildman–Crippen LogP) is 2.40. The second kappa shape index (κ2) is 8.16. The van der Waals surface area contributed by atoms with Crippen LogP contribution in [0.4, 0.5) is 0 Å². The molecule has 0 spiro atoms. The van der Waals surface area contributed by atoms with Crippen molar-refractivity contribution in [3.63, 3.8) is 0 Å². The third kappa shape index (κ3) is 3.68. The van der Waals surface area contributed by atoms with E-state index in [1.54, 1.807) is 14.2 Å². The van der Waals surface area contributed by atoms with Gasteiger partial charge < -0.3 is 15.2 Å². The van der Waals surface area contributed by atoms with Gasteiger partial charge in [-0.1, -0.05) is 0 Å². The van der Waals surface area contributed by atoms with Crippen molar-refractivity contribution in [3.05, 3.63) is 47.8 Å². The number of ether oxygens (including phenoxy) is 2. The van der Waals surface area contributed by atoms with E-state index in [0.717, 1.165) is 54.3 Å². The Morgan fingerprint density at radius 3 is 2.68 bits per heavy atom. The minimum Gasteiger partial charge on any atom is -0.497 e. The summed E-state index contributed by atoms with van der Waals surface area (Å²) in [7, 11) is 3.36. The van der Waals surface area contributed by atoms with Gasteiger partial charge in [-0.2, -0.15) is 5.10 Å². The van der Waals surface area contributed by atoms with Crippen molar-refractivity contribution >= 4 is 11.0 Å². The van der Waals surface area contributed by atoms with E-state index in [4.69, 9.17) is 20.3 Å². The summed E-state index contributed by atoms with van der Waals surface area (Å²) < 4.78 is 12.7. The first-order valence-electron chi connectivity index (χ1n) is 9.67. The first-order chi connectivity index (χ1) is 13.7.